The van der Waals surface area contributed by atoms with Gasteiger partial charge in [-0.2, -0.15) is 10.1 Å². The van der Waals surface area contributed by atoms with Crippen LogP contribution >= 0.6 is 22.6 Å². The quantitative estimate of drug-likeness (QED) is 0.633. The van der Waals surface area contributed by atoms with Crippen LogP contribution in [-0.2, 0) is 6.54 Å². The molecule has 0 aliphatic carbocycles. The Morgan fingerprint density at radius 2 is 2.14 bits per heavy atom. The van der Waals surface area contributed by atoms with Crippen LogP contribution in [0.4, 0.5) is 0 Å². The van der Waals surface area contributed by atoms with E-state index in [1.807, 2.05) is 24.4 Å². The normalized spacial score (nSPS) is 12.8. The second-order valence-electron chi connectivity index (χ2n) is 4.44. The van der Waals surface area contributed by atoms with E-state index in [0.717, 1.165) is 14.9 Å². The third-order valence-corrected chi connectivity index (χ3v) is 3.55. The van der Waals surface area contributed by atoms with Crippen molar-refractivity contribution in [2.24, 2.45) is 0 Å². The van der Waals surface area contributed by atoms with Crippen molar-refractivity contribution in [3.05, 3.63) is 40.1 Å². The van der Waals surface area contributed by atoms with Gasteiger partial charge in [0.25, 0.3) is 0 Å². The van der Waals surface area contributed by atoms with Crippen LogP contribution in [-0.4, -0.2) is 26.7 Å². The van der Waals surface area contributed by atoms with Gasteiger partial charge in [0.2, 0.25) is 18.5 Å². The highest BCUT2D eigenvalue weighted by Gasteiger charge is 2.16. The molecule has 106 valence electrons. The Bertz CT molecular complexity index is 798. The highest BCUT2D eigenvalue weighted by Crippen LogP contribution is 2.35. The van der Waals surface area contributed by atoms with Crippen LogP contribution in [0.2, 0.25) is 0 Å². The highest BCUT2D eigenvalue weighted by molar-refractivity contribution is 14.1. The van der Waals surface area contributed by atoms with Crippen LogP contribution < -0.4 is 9.47 Å². The molecule has 0 atom stereocenters. The maximum Gasteiger partial charge on any atom is 0.248 e. The number of aromatic nitrogens is 4. The molecule has 1 aromatic carbocycles. The van der Waals surface area contributed by atoms with Crippen molar-refractivity contribution >= 4 is 22.6 Å². The van der Waals surface area contributed by atoms with E-state index in [9.17, 15) is 0 Å². The van der Waals surface area contributed by atoms with Crippen molar-refractivity contribution in [1.82, 2.24) is 19.9 Å². The fourth-order valence-corrected chi connectivity index (χ4v) is 2.48. The number of halogens is 1. The van der Waals surface area contributed by atoms with E-state index >= 15 is 0 Å². The predicted molar refractivity (Wildman–Crippen MR) is 79.9 cm³/mol. The summed E-state index contributed by atoms with van der Waals surface area (Å²) in [7, 11) is 0. The van der Waals surface area contributed by atoms with E-state index in [1.54, 1.807) is 10.9 Å². The molecular formula is C13H9IN4O3. The first-order chi connectivity index (χ1) is 10.3. The molecule has 0 saturated heterocycles. The van der Waals surface area contributed by atoms with Crippen molar-refractivity contribution in [3.63, 3.8) is 0 Å². The second kappa shape index (κ2) is 5.02. The molecule has 2 aromatic heterocycles. The summed E-state index contributed by atoms with van der Waals surface area (Å²) in [5, 5.41) is 8.17. The van der Waals surface area contributed by atoms with Gasteiger partial charge in [0, 0.05) is 11.8 Å². The highest BCUT2D eigenvalue weighted by atomic mass is 127. The Labute approximate surface area is 133 Å². The van der Waals surface area contributed by atoms with Crippen LogP contribution in [0.1, 0.15) is 5.89 Å². The second-order valence-corrected chi connectivity index (χ2v) is 5.68. The summed E-state index contributed by atoms with van der Waals surface area (Å²) in [6.45, 7) is 0.689. The van der Waals surface area contributed by atoms with Gasteiger partial charge in [-0.1, -0.05) is 5.16 Å². The van der Waals surface area contributed by atoms with Crippen LogP contribution in [0, 0.1) is 3.57 Å². The summed E-state index contributed by atoms with van der Waals surface area (Å²) in [5.74, 6) is 2.45. The Morgan fingerprint density at radius 1 is 1.24 bits per heavy atom. The minimum atomic E-state index is 0.244. The molecule has 0 spiro atoms. The fourth-order valence-electron chi connectivity index (χ4n) is 2.04. The van der Waals surface area contributed by atoms with Crippen molar-refractivity contribution in [2.75, 3.05) is 6.79 Å². The fraction of sp³-hybridized carbons (Fsp3) is 0.154. The number of fused-ring (bicyclic) bond motifs is 1. The third kappa shape index (κ3) is 2.46. The molecule has 3 heterocycles. The Kier molecular flexibility index (Phi) is 3.02. The van der Waals surface area contributed by atoms with Gasteiger partial charge in [-0.25, -0.2) is 0 Å². The van der Waals surface area contributed by atoms with Crippen molar-refractivity contribution in [3.8, 4) is 22.9 Å². The van der Waals surface area contributed by atoms with E-state index in [1.165, 1.54) is 0 Å². The summed E-state index contributed by atoms with van der Waals surface area (Å²) >= 11 is 2.20. The molecule has 4 rings (SSSR count). The van der Waals surface area contributed by atoms with Crippen molar-refractivity contribution in [1.29, 1.82) is 0 Å². The minimum Gasteiger partial charge on any atom is -0.454 e. The number of hydrogen-bond donors (Lipinski definition) is 0. The average Bonchev–Trinajstić information content (AvgIpc) is 3.19. The summed E-state index contributed by atoms with van der Waals surface area (Å²) in [5.41, 5.74) is 0.823. The van der Waals surface area contributed by atoms with Crippen LogP contribution in [0.5, 0.6) is 11.5 Å². The molecule has 7 nitrogen and oxygen atoms in total. The molecule has 1 aliphatic heterocycles. The van der Waals surface area contributed by atoms with Gasteiger partial charge in [-0.3, -0.25) is 4.68 Å². The number of nitrogens with zero attached hydrogens (tertiary/aromatic N) is 4. The lowest BCUT2D eigenvalue weighted by Gasteiger charge is -1.97. The van der Waals surface area contributed by atoms with Crippen LogP contribution in [0.3, 0.4) is 0 Å². The first kappa shape index (κ1) is 12.6. The Morgan fingerprint density at radius 3 is 3.00 bits per heavy atom. The number of hydrogen-bond acceptors (Lipinski definition) is 6. The summed E-state index contributed by atoms with van der Waals surface area (Å²) in [4.78, 5) is 4.37. The van der Waals surface area contributed by atoms with Gasteiger partial charge < -0.3 is 14.0 Å². The van der Waals surface area contributed by atoms with Gasteiger partial charge in [0.1, 0.15) is 6.54 Å². The lowest BCUT2D eigenvalue weighted by molar-refractivity contribution is 0.174. The van der Waals surface area contributed by atoms with Gasteiger partial charge in [0.15, 0.2) is 11.5 Å². The van der Waals surface area contributed by atoms with Gasteiger partial charge >= 0.3 is 0 Å². The summed E-state index contributed by atoms with van der Waals surface area (Å²) in [6, 6.07) is 5.55. The molecule has 0 saturated carbocycles. The standard InChI is InChI=1S/C13H9IN4O3/c14-9-4-15-18(5-9)6-12-16-13(17-21-12)8-1-2-10-11(3-8)20-7-19-10/h1-5H,6-7H2. The molecule has 0 amide bonds. The summed E-state index contributed by atoms with van der Waals surface area (Å²) in [6.07, 6.45) is 3.68. The first-order valence-electron chi connectivity index (χ1n) is 6.18. The molecule has 0 N–H and O–H groups in total. The molecule has 0 fully saturated rings. The molecule has 1 aliphatic rings. The largest absolute Gasteiger partial charge is 0.454 e. The van der Waals surface area contributed by atoms with E-state index in [2.05, 4.69) is 37.8 Å². The van der Waals surface area contributed by atoms with E-state index in [0.29, 0.717) is 24.0 Å². The maximum absolute atomic E-state index is 5.34. The number of ether oxygens (including phenoxy) is 2. The zero-order chi connectivity index (χ0) is 14.2. The van der Waals surface area contributed by atoms with Crippen LogP contribution in [0.25, 0.3) is 11.4 Å². The van der Waals surface area contributed by atoms with Crippen LogP contribution in [0.15, 0.2) is 35.1 Å². The monoisotopic (exact) mass is 396 g/mol. The van der Waals surface area contributed by atoms with Gasteiger partial charge in [-0.05, 0) is 40.8 Å². The van der Waals surface area contributed by atoms with E-state index < -0.39 is 0 Å². The Balaban J connectivity index is 1.59. The zero-order valence-electron chi connectivity index (χ0n) is 10.7. The molecular weight excluding hydrogens is 387 g/mol. The van der Waals surface area contributed by atoms with Gasteiger partial charge in [0.05, 0.1) is 9.77 Å². The lowest BCUT2D eigenvalue weighted by Crippen LogP contribution is -1.99. The van der Waals surface area contributed by atoms with Crippen molar-refractivity contribution < 1.29 is 14.0 Å². The Hall–Kier alpha value is -2.10. The maximum atomic E-state index is 5.34. The lowest BCUT2D eigenvalue weighted by atomic mass is 10.2. The minimum absolute atomic E-state index is 0.244. The molecule has 3 aromatic rings. The SMILES string of the molecule is Ic1cnn(Cc2nc(-c3ccc4c(c3)OCO4)no2)c1. The summed E-state index contributed by atoms with van der Waals surface area (Å²) < 4.78 is 18.7. The first-order valence-corrected chi connectivity index (χ1v) is 7.26. The van der Waals surface area contributed by atoms with E-state index in [-0.39, 0.29) is 6.79 Å². The smallest absolute Gasteiger partial charge is 0.248 e. The molecule has 8 heteroatoms. The zero-order valence-corrected chi connectivity index (χ0v) is 12.9. The topological polar surface area (TPSA) is 75.2 Å². The molecule has 0 bridgehead atoms. The molecule has 0 radical (unpaired) electrons. The molecule has 0 unspecified atom stereocenters. The average molecular weight is 396 g/mol. The van der Waals surface area contributed by atoms with Crippen molar-refractivity contribution in [2.45, 2.75) is 6.54 Å². The number of benzene rings is 1. The van der Waals surface area contributed by atoms with E-state index in [4.69, 9.17) is 14.0 Å². The predicted octanol–water partition coefficient (Wildman–Crippen LogP) is 2.31. The third-order valence-electron chi connectivity index (χ3n) is 3.00. The molecule has 21 heavy (non-hydrogen) atoms. The van der Waals surface area contributed by atoms with Gasteiger partial charge in [-0.15, -0.1) is 0 Å². The number of rotatable bonds is 3.